The summed E-state index contributed by atoms with van der Waals surface area (Å²) in [4.78, 5) is 49.8. The fourth-order valence-electron chi connectivity index (χ4n) is 4.15. The molecule has 0 radical (unpaired) electrons. The normalized spacial score (nSPS) is 30.2. The van der Waals surface area contributed by atoms with Gasteiger partial charge in [-0.15, -0.1) is 0 Å². The summed E-state index contributed by atoms with van der Waals surface area (Å²) in [6.45, 7) is 2.23. The maximum absolute atomic E-state index is 13.0. The van der Waals surface area contributed by atoms with Crippen molar-refractivity contribution in [2.24, 2.45) is 17.8 Å². The number of nitrogens with one attached hydrogen (secondary N) is 2. The van der Waals surface area contributed by atoms with Gasteiger partial charge in [0.15, 0.2) is 0 Å². The van der Waals surface area contributed by atoms with Gasteiger partial charge >= 0.3 is 12.0 Å². The molecule has 0 bridgehead atoms. The second kappa shape index (κ2) is 6.07. The summed E-state index contributed by atoms with van der Waals surface area (Å²) in [5.74, 6) is -1.70. The highest BCUT2D eigenvalue weighted by Crippen LogP contribution is 2.44. The van der Waals surface area contributed by atoms with Crippen LogP contribution in [0.2, 0.25) is 0 Å². The highest BCUT2D eigenvalue weighted by molar-refractivity contribution is 6.07. The van der Waals surface area contributed by atoms with E-state index in [1.165, 1.54) is 0 Å². The molecule has 3 fully saturated rings. The number of imide groups is 1. The van der Waals surface area contributed by atoms with Crippen LogP contribution in [0.15, 0.2) is 24.3 Å². The number of carboxylic acid groups (broad SMARTS) is 1. The van der Waals surface area contributed by atoms with E-state index in [0.717, 1.165) is 12.8 Å². The van der Waals surface area contributed by atoms with Gasteiger partial charge in [-0.3, -0.25) is 19.7 Å². The van der Waals surface area contributed by atoms with Gasteiger partial charge in [0, 0.05) is 18.7 Å². The number of nitrogens with zero attached hydrogens (tertiary/aromatic N) is 1. The van der Waals surface area contributed by atoms with Gasteiger partial charge in [0.25, 0.3) is 11.8 Å². The van der Waals surface area contributed by atoms with Crippen molar-refractivity contribution in [2.45, 2.75) is 25.3 Å². The molecule has 2 aliphatic heterocycles. The fourth-order valence-corrected chi connectivity index (χ4v) is 4.15. The molecule has 8 nitrogen and oxygen atoms in total. The zero-order valence-corrected chi connectivity index (χ0v) is 14.9. The summed E-state index contributed by atoms with van der Waals surface area (Å²) >= 11 is 0. The van der Waals surface area contributed by atoms with Crippen molar-refractivity contribution in [2.75, 3.05) is 13.1 Å². The second-order valence-corrected chi connectivity index (χ2v) is 7.77. The van der Waals surface area contributed by atoms with Crippen LogP contribution < -0.4 is 10.6 Å². The molecule has 4 amide bonds. The first-order valence-corrected chi connectivity index (χ1v) is 9.06. The average Bonchev–Trinajstić information content (AvgIpc) is 3.31. The molecule has 3 N–H and O–H groups in total. The van der Waals surface area contributed by atoms with Crippen LogP contribution in [0.25, 0.3) is 0 Å². The molecule has 2 saturated heterocycles. The SMILES string of the molecule is CC1(c2cccc(C(=O)N3C[C@H](C(=O)O)[C@@H](C4CC4)C3)c2)NC(=O)NC1=O. The van der Waals surface area contributed by atoms with Crippen LogP contribution in [0, 0.1) is 17.8 Å². The molecular formula is C19H21N3O5. The lowest BCUT2D eigenvalue weighted by Crippen LogP contribution is -2.40. The van der Waals surface area contributed by atoms with Crippen molar-refractivity contribution < 1.29 is 24.3 Å². The van der Waals surface area contributed by atoms with Crippen LogP contribution in [0.5, 0.6) is 0 Å². The lowest BCUT2D eigenvalue weighted by molar-refractivity contribution is -0.142. The predicted octanol–water partition coefficient (Wildman–Crippen LogP) is 0.924. The smallest absolute Gasteiger partial charge is 0.322 e. The third-order valence-electron chi connectivity index (χ3n) is 5.93. The molecule has 1 aromatic carbocycles. The number of hydrogen-bond acceptors (Lipinski definition) is 4. The maximum Gasteiger partial charge on any atom is 0.322 e. The Bertz CT molecular complexity index is 850. The Kier molecular flexibility index (Phi) is 3.94. The number of amides is 4. The number of urea groups is 1. The van der Waals surface area contributed by atoms with Crippen LogP contribution in [-0.4, -0.2) is 46.9 Å². The number of hydrogen-bond donors (Lipinski definition) is 3. The Balaban J connectivity index is 1.57. The lowest BCUT2D eigenvalue weighted by Gasteiger charge is -2.22. The van der Waals surface area contributed by atoms with Gasteiger partial charge in [-0.25, -0.2) is 4.79 Å². The van der Waals surface area contributed by atoms with E-state index in [-0.39, 0.29) is 18.4 Å². The van der Waals surface area contributed by atoms with Gasteiger partial charge in [0.2, 0.25) is 0 Å². The Labute approximate surface area is 155 Å². The summed E-state index contributed by atoms with van der Waals surface area (Å²) in [6, 6.07) is 6.00. The van der Waals surface area contributed by atoms with Crippen molar-refractivity contribution in [1.82, 2.24) is 15.5 Å². The van der Waals surface area contributed by atoms with Gasteiger partial charge < -0.3 is 15.3 Å². The summed E-state index contributed by atoms with van der Waals surface area (Å²) in [5, 5.41) is 14.3. The van der Waals surface area contributed by atoms with E-state index in [4.69, 9.17) is 0 Å². The Morgan fingerprint density at radius 1 is 1.22 bits per heavy atom. The molecule has 27 heavy (non-hydrogen) atoms. The number of aliphatic carboxylic acids is 1. The largest absolute Gasteiger partial charge is 0.481 e. The van der Waals surface area contributed by atoms with Crippen LogP contribution in [0.4, 0.5) is 4.79 Å². The second-order valence-electron chi connectivity index (χ2n) is 7.77. The standard InChI is InChI=1S/C19H21N3O5/c1-19(17(26)20-18(27)21-19)12-4-2-3-11(7-12)15(23)22-8-13(10-5-6-10)14(9-22)16(24)25/h2-4,7,10,13-14H,5-6,8-9H2,1H3,(H,24,25)(H2,20,21,26,27)/t13-,14+,19?/m1/s1. The molecule has 1 unspecified atom stereocenters. The minimum Gasteiger partial charge on any atom is -0.481 e. The number of carbonyl (C=O) groups excluding carboxylic acids is 3. The van der Waals surface area contributed by atoms with Gasteiger partial charge in [-0.05, 0) is 49.3 Å². The van der Waals surface area contributed by atoms with Crippen molar-refractivity contribution in [1.29, 1.82) is 0 Å². The first kappa shape index (κ1) is 17.5. The Morgan fingerprint density at radius 2 is 1.96 bits per heavy atom. The monoisotopic (exact) mass is 371 g/mol. The highest BCUT2D eigenvalue weighted by Gasteiger charge is 2.47. The number of benzene rings is 1. The summed E-state index contributed by atoms with van der Waals surface area (Å²) in [5.41, 5.74) is -0.355. The fraction of sp³-hybridized carbons (Fsp3) is 0.474. The first-order valence-electron chi connectivity index (χ1n) is 9.06. The van der Waals surface area contributed by atoms with E-state index in [1.807, 2.05) is 0 Å². The van der Waals surface area contributed by atoms with E-state index in [0.29, 0.717) is 23.6 Å². The number of rotatable bonds is 4. The molecule has 1 aliphatic carbocycles. The molecule has 2 heterocycles. The van der Waals surface area contributed by atoms with Crippen LogP contribution in [-0.2, 0) is 15.1 Å². The van der Waals surface area contributed by atoms with Crippen molar-refractivity contribution in [3.63, 3.8) is 0 Å². The van der Waals surface area contributed by atoms with Crippen LogP contribution >= 0.6 is 0 Å². The molecule has 1 aromatic rings. The number of carbonyl (C=O) groups is 4. The zero-order valence-electron chi connectivity index (χ0n) is 14.9. The zero-order chi connectivity index (χ0) is 19.3. The number of carboxylic acids is 1. The van der Waals surface area contributed by atoms with E-state index in [1.54, 1.807) is 36.1 Å². The first-order chi connectivity index (χ1) is 12.8. The van der Waals surface area contributed by atoms with E-state index in [9.17, 15) is 24.3 Å². The minimum atomic E-state index is -1.24. The van der Waals surface area contributed by atoms with Crippen LogP contribution in [0.3, 0.4) is 0 Å². The van der Waals surface area contributed by atoms with E-state index >= 15 is 0 Å². The van der Waals surface area contributed by atoms with E-state index < -0.39 is 29.4 Å². The maximum atomic E-state index is 13.0. The van der Waals surface area contributed by atoms with Crippen LogP contribution in [0.1, 0.15) is 35.7 Å². The molecule has 1 saturated carbocycles. The molecule has 8 heteroatoms. The topological polar surface area (TPSA) is 116 Å². The van der Waals surface area contributed by atoms with Crippen molar-refractivity contribution >= 4 is 23.8 Å². The Morgan fingerprint density at radius 3 is 2.56 bits per heavy atom. The lowest BCUT2D eigenvalue weighted by atomic mass is 9.91. The summed E-state index contributed by atoms with van der Waals surface area (Å²) in [6.07, 6.45) is 2.05. The summed E-state index contributed by atoms with van der Waals surface area (Å²) in [7, 11) is 0. The molecule has 3 atom stereocenters. The molecule has 4 rings (SSSR count). The molecule has 0 spiro atoms. The predicted molar refractivity (Wildman–Crippen MR) is 93.7 cm³/mol. The average molecular weight is 371 g/mol. The van der Waals surface area contributed by atoms with Crippen molar-refractivity contribution in [3.8, 4) is 0 Å². The van der Waals surface area contributed by atoms with Gasteiger partial charge in [0.1, 0.15) is 5.54 Å². The van der Waals surface area contributed by atoms with E-state index in [2.05, 4.69) is 10.6 Å². The number of likely N-dealkylation sites (tertiary alicyclic amines) is 1. The van der Waals surface area contributed by atoms with Gasteiger partial charge in [0.05, 0.1) is 5.92 Å². The Hall–Kier alpha value is -2.90. The van der Waals surface area contributed by atoms with Gasteiger partial charge in [-0.2, -0.15) is 0 Å². The van der Waals surface area contributed by atoms with Crippen molar-refractivity contribution in [3.05, 3.63) is 35.4 Å². The molecule has 3 aliphatic rings. The third kappa shape index (κ3) is 2.94. The summed E-state index contributed by atoms with van der Waals surface area (Å²) < 4.78 is 0. The molecule has 142 valence electrons. The minimum absolute atomic E-state index is 0.00653. The van der Waals surface area contributed by atoms with Gasteiger partial charge in [-0.1, -0.05) is 12.1 Å². The molecular weight excluding hydrogens is 350 g/mol. The highest BCUT2D eigenvalue weighted by atomic mass is 16.4. The third-order valence-corrected chi connectivity index (χ3v) is 5.93. The molecule has 0 aromatic heterocycles. The quantitative estimate of drug-likeness (QED) is 0.681.